The zero-order valence-electron chi connectivity index (χ0n) is 9.85. The summed E-state index contributed by atoms with van der Waals surface area (Å²) in [5, 5.41) is 9.74. The van der Waals surface area contributed by atoms with Crippen molar-refractivity contribution in [1.29, 1.82) is 0 Å². The largest absolute Gasteiger partial charge is 0.465 e. The molecular weight excluding hydrogens is 240 g/mol. The van der Waals surface area contributed by atoms with Crippen molar-refractivity contribution in [3.05, 3.63) is 28.4 Å². The molecule has 7 nitrogen and oxygen atoms in total. The third-order valence-electron chi connectivity index (χ3n) is 2.81. The lowest BCUT2D eigenvalue weighted by Crippen LogP contribution is -2.28. The highest BCUT2D eigenvalue weighted by molar-refractivity contribution is 5.36. The highest BCUT2D eigenvalue weighted by Crippen LogP contribution is 2.27. The lowest BCUT2D eigenvalue weighted by molar-refractivity contribution is -0.135. The number of hydrogen-bond acceptors (Lipinski definition) is 6. The molecule has 7 heteroatoms. The molecule has 0 spiro atoms. The van der Waals surface area contributed by atoms with Crippen molar-refractivity contribution < 1.29 is 19.4 Å². The van der Waals surface area contributed by atoms with Crippen LogP contribution in [0.4, 0.5) is 0 Å². The van der Waals surface area contributed by atoms with Gasteiger partial charge in [0.25, 0.3) is 6.47 Å². The number of carbonyl (C=O) groups excluding carboxylic acids is 1. The molecule has 0 amide bonds. The van der Waals surface area contributed by atoms with Crippen LogP contribution in [0.5, 0.6) is 0 Å². The molecule has 0 bridgehead atoms. The monoisotopic (exact) mass is 254 g/mol. The van der Waals surface area contributed by atoms with Crippen LogP contribution in [0.1, 0.15) is 18.3 Å². The number of aliphatic hydroxyl groups is 1. The van der Waals surface area contributed by atoms with Crippen molar-refractivity contribution in [2.75, 3.05) is 6.61 Å². The number of aromatic nitrogens is 2. The Labute approximate surface area is 103 Å². The van der Waals surface area contributed by atoms with Crippen LogP contribution in [-0.2, 0) is 14.3 Å². The van der Waals surface area contributed by atoms with Crippen LogP contribution in [0, 0.1) is 6.92 Å². The van der Waals surface area contributed by atoms with Crippen molar-refractivity contribution in [3.63, 3.8) is 0 Å². The standard InChI is InChI=1S/C11H14N2O5/c1-7-2-3-13(11(16)12-7)10-4-8(15)9(18-10)5-17-6-14/h2-3,6,8-10,15H,4-5H2,1H3/t8-,9-,10-/m0/s1. The maximum Gasteiger partial charge on any atom is 0.349 e. The van der Waals surface area contributed by atoms with Gasteiger partial charge < -0.3 is 14.6 Å². The minimum absolute atomic E-state index is 0.0325. The van der Waals surface area contributed by atoms with Gasteiger partial charge in [0.2, 0.25) is 0 Å². The van der Waals surface area contributed by atoms with Gasteiger partial charge >= 0.3 is 5.69 Å². The summed E-state index contributed by atoms with van der Waals surface area (Å²) in [6, 6.07) is 1.69. The average Bonchev–Trinajstić information content (AvgIpc) is 2.68. The van der Waals surface area contributed by atoms with E-state index in [1.54, 1.807) is 19.2 Å². The molecule has 0 aliphatic carbocycles. The van der Waals surface area contributed by atoms with Crippen LogP contribution in [0.25, 0.3) is 0 Å². The molecule has 1 aliphatic heterocycles. The van der Waals surface area contributed by atoms with Crippen LogP contribution in [0.15, 0.2) is 17.1 Å². The molecule has 1 aliphatic rings. The van der Waals surface area contributed by atoms with E-state index in [1.165, 1.54) is 4.57 Å². The Hall–Kier alpha value is -1.73. The fraction of sp³-hybridized carbons (Fsp3) is 0.545. The number of nitrogens with zero attached hydrogens (tertiary/aromatic N) is 2. The van der Waals surface area contributed by atoms with Crippen molar-refractivity contribution in [1.82, 2.24) is 9.55 Å². The molecule has 1 aromatic rings. The highest BCUT2D eigenvalue weighted by atomic mass is 16.6. The smallest absolute Gasteiger partial charge is 0.349 e. The molecular formula is C11H14N2O5. The van der Waals surface area contributed by atoms with Crippen molar-refractivity contribution in [3.8, 4) is 0 Å². The van der Waals surface area contributed by atoms with Crippen LogP contribution < -0.4 is 5.69 Å². The molecule has 1 N–H and O–H groups in total. The molecule has 0 unspecified atom stereocenters. The van der Waals surface area contributed by atoms with Crippen LogP contribution in [0.3, 0.4) is 0 Å². The zero-order valence-corrected chi connectivity index (χ0v) is 9.85. The molecule has 0 saturated carbocycles. The van der Waals surface area contributed by atoms with Gasteiger partial charge in [-0.3, -0.25) is 9.36 Å². The van der Waals surface area contributed by atoms with Gasteiger partial charge in [0.05, 0.1) is 6.10 Å². The third-order valence-corrected chi connectivity index (χ3v) is 2.81. The quantitative estimate of drug-likeness (QED) is 0.720. The first-order valence-electron chi connectivity index (χ1n) is 5.56. The Morgan fingerprint density at radius 3 is 3.17 bits per heavy atom. The van der Waals surface area contributed by atoms with Gasteiger partial charge in [-0.05, 0) is 13.0 Å². The first kappa shape index (κ1) is 12.7. The summed E-state index contributed by atoms with van der Waals surface area (Å²) < 4.78 is 11.3. The molecule has 0 radical (unpaired) electrons. The SMILES string of the molecule is Cc1ccn([C@@H]2C[C@H](O)[C@H](COC=O)O2)c(=O)n1. The minimum atomic E-state index is -0.775. The first-order chi connectivity index (χ1) is 8.61. The Kier molecular flexibility index (Phi) is 3.73. The number of rotatable bonds is 4. The second-order valence-corrected chi connectivity index (χ2v) is 4.12. The first-order valence-corrected chi connectivity index (χ1v) is 5.56. The number of aryl methyl sites for hydroxylation is 1. The fourth-order valence-corrected chi connectivity index (χ4v) is 1.89. The minimum Gasteiger partial charge on any atom is -0.465 e. The second-order valence-electron chi connectivity index (χ2n) is 4.12. The lowest BCUT2D eigenvalue weighted by atomic mass is 10.2. The van der Waals surface area contributed by atoms with Crippen molar-refractivity contribution >= 4 is 6.47 Å². The summed E-state index contributed by atoms with van der Waals surface area (Å²) in [7, 11) is 0. The van der Waals surface area contributed by atoms with E-state index in [1.807, 2.05) is 0 Å². The average molecular weight is 254 g/mol. The number of aliphatic hydroxyl groups excluding tert-OH is 1. The maximum atomic E-state index is 11.7. The second kappa shape index (κ2) is 5.28. The van der Waals surface area contributed by atoms with E-state index in [0.29, 0.717) is 12.2 Å². The van der Waals surface area contributed by atoms with Gasteiger partial charge in [-0.15, -0.1) is 0 Å². The molecule has 1 saturated heterocycles. The number of carbonyl (C=O) groups is 1. The number of hydrogen-bond donors (Lipinski definition) is 1. The number of ether oxygens (including phenoxy) is 2. The van der Waals surface area contributed by atoms with E-state index in [9.17, 15) is 14.7 Å². The summed E-state index contributed by atoms with van der Waals surface area (Å²) in [5.41, 5.74) is 0.194. The summed E-state index contributed by atoms with van der Waals surface area (Å²) in [6.07, 6.45) is -0.139. The van der Waals surface area contributed by atoms with Gasteiger partial charge in [0.15, 0.2) is 0 Å². The van der Waals surface area contributed by atoms with E-state index in [0.717, 1.165) is 0 Å². The summed E-state index contributed by atoms with van der Waals surface area (Å²) in [6.45, 7) is 1.98. The molecule has 98 valence electrons. The molecule has 18 heavy (non-hydrogen) atoms. The zero-order chi connectivity index (χ0) is 13.1. The van der Waals surface area contributed by atoms with E-state index < -0.39 is 24.1 Å². The summed E-state index contributed by atoms with van der Waals surface area (Å²) in [4.78, 5) is 25.5. The predicted octanol–water partition coefficient (Wildman–Crippen LogP) is -0.627. The topological polar surface area (TPSA) is 90.6 Å². The summed E-state index contributed by atoms with van der Waals surface area (Å²) in [5.74, 6) is 0. The Bertz CT molecular complexity index is 487. The Morgan fingerprint density at radius 2 is 2.50 bits per heavy atom. The summed E-state index contributed by atoms with van der Waals surface area (Å²) >= 11 is 0. The fourth-order valence-electron chi connectivity index (χ4n) is 1.89. The van der Waals surface area contributed by atoms with E-state index >= 15 is 0 Å². The Balaban J connectivity index is 2.11. The van der Waals surface area contributed by atoms with Crippen LogP contribution in [0.2, 0.25) is 0 Å². The van der Waals surface area contributed by atoms with E-state index in [-0.39, 0.29) is 13.0 Å². The maximum absolute atomic E-state index is 11.7. The van der Waals surface area contributed by atoms with Crippen molar-refractivity contribution in [2.45, 2.75) is 31.8 Å². The Morgan fingerprint density at radius 1 is 1.72 bits per heavy atom. The van der Waals surface area contributed by atoms with E-state index in [4.69, 9.17) is 4.74 Å². The highest BCUT2D eigenvalue weighted by Gasteiger charge is 2.35. The predicted molar refractivity (Wildman–Crippen MR) is 59.8 cm³/mol. The molecule has 1 fully saturated rings. The third kappa shape index (κ3) is 2.57. The van der Waals surface area contributed by atoms with E-state index in [2.05, 4.69) is 9.72 Å². The van der Waals surface area contributed by atoms with Gasteiger partial charge in [0, 0.05) is 18.3 Å². The molecule has 2 rings (SSSR count). The molecule has 1 aromatic heterocycles. The molecule has 2 heterocycles. The molecule has 3 atom stereocenters. The van der Waals surface area contributed by atoms with Gasteiger partial charge in [-0.2, -0.15) is 4.98 Å². The lowest BCUT2D eigenvalue weighted by Gasteiger charge is -2.14. The molecule has 0 aromatic carbocycles. The van der Waals surface area contributed by atoms with Gasteiger partial charge in [-0.1, -0.05) is 0 Å². The van der Waals surface area contributed by atoms with Gasteiger partial charge in [-0.25, -0.2) is 4.79 Å². The van der Waals surface area contributed by atoms with Crippen LogP contribution >= 0.6 is 0 Å². The van der Waals surface area contributed by atoms with Gasteiger partial charge in [0.1, 0.15) is 18.9 Å². The van der Waals surface area contributed by atoms with Crippen LogP contribution in [-0.4, -0.2) is 39.9 Å². The normalized spacial score (nSPS) is 27.1. The van der Waals surface area contributed by atoms with Crippen molar-refractivity contribution in [2.24, 2.45) is 0 Å².